The molecule has 28 heavy (non-hydrogen) atoms. The first kappa shape index (κ1) is 23.3. The van der Waals surface area contributed by atoms with E-state index in [0.717, 1.165) is 16.7 Å². The molecule has 2 unspecified atom stereocenters. The summed E-state index contributed by atoms with van der Waals surface area (Å²) in [7, 11) is -3.18. The predicted octanol–water partition coefficient (Wildman–Crippen LogP) is 0.236. The number of hydrogen-bond donors (Lipinski definition) is 4. The van der Waals surface area contributed by atoms with Gasteiger partial charge >= 0.3 is 13.3 Å². The first-order valence-electron chi connectivity index (χ1n) is 8.11. The van der Waals surface area contributed by atoms with Gasteiger partial charge in [-0.15, -0.1) is 0 Å². The van der Waals surface area contributed by atoms with Crippen molar-refractivity contribution >= 4 is 25.9 Å². The Labute approximate surface area is 165 Å². The maximum atomic E-state index is 12.1. The van der Waals surface area contributed by atoms with Crippen LogP contribution in [0.4, 0.5) is 0 Å². The molecule has 1 saturated heterocycles. The number of aromatic nitrogens is 2. The third-order valence-corrected chi connectivity index (χ3v) is 7.95. The molecule has 1 fully saturated rings. The van der Waals surface area contributed by atoms with Gasteiger partial charge in [0.15, 0.2) is 12.7 Å². The molecule has 11 nitrogen and oxygen atoms in total. The number of ether oxygens (including phenoxy) is 2. The number of rotatable bonds is 7. The lowest BCUT2D eigenvalue weighted by atomic mass is 10.1. The molecule has 1 aromatic rings. The highest BCUT2D eigenvalue weighted by Gasteiger charge is 2.48. The molecule has 0 radical (unpaired) electrons. The Kier molecular flexibility index (Phi) is 7.36. The van der Waals surface area contributed by atoms with Crippen LogP contribution < -0.4 is 11.2 Å². The molecule has 4 N–H and O–H groups in total. The van der Waals surface area contributed by atoms with Crippen molar-refractivity contribution < 1.29 is 33.2 Å². The Hall–Kier alpha value is -0.940. The number of aromatic amines is 1. The molecular weight excluding hydrogens is 434 g/mol. The van der Waals surface area contributed by atoms with Crippen molar-refractivity contribution in [2.24, 2.45) is 0 Å². The Morgan fingerprint density at radius 1 is 1.32 bits per heavy atom. The van der Waals surface area contributed by atoms with Gasteiger partial charge in [0.2, 0.25) is 0 Å². The van der Waals surface area contributed by atoms with Gasteiger partial charge in [-0.3, -0.25) is 18.9 Å². The van der Waals surface area contributed by atoms with Gasteiger partial charge in [0.05, 0.1) is 0 Å². The lowest BCUT2D eigenvalue weighted by Gasteiger charge is -2.28. The fraction of sp³-hybridized carbons (Fsp3) is 0.571. The van der Waals surface area contributed by atoms with Crippen LogP contribution in [0.25, 0.3) is 0 Å². The fourth-order valence-corrected chi connectivity index (χ4v) is 4.06. The number of hydrogen-bond acceptors (Lipinski definition) is 7. The van der Waals surface area contributed by atoms with Crippen molar-refractivity contribution in [3.8, 4) is 0 Å². The van der Waals surface area contributed by atoms with Crippen LogP contribution in [-0.4, -0.2) is 55.3 Å². The summed E-state index contributed by atoms with van der Waals surface area (Å²) in [5.41, 5.74) is -1.78. The standard InChI is InChI=1S/C14H22N2O9P2S/c1-8(2)27(22,28)25-11-9(5-7-26(19,20)21)24-13(12(11)23-3)16-6-4-10(17)15-14(16)18/h4-9,11-13H,1-3H3,(H,22,28)(H,15,17,18)(H2,19,20,21)/b7-5+/t9-,11?,12-,13-,27?/m1/s1. The highest BCUT2D eigenvalue weighted by atomic mass is 32.5. The van der Waals surface area contributed by atoms with Gasteiger partial charge in [-0.05, 0) is 17.9 Å². The molecule has 0 aromatic carbocycles. The summed E-state index contributed by atoms with van der Waals surface area (Å²) in [5, 5.41) is 0. The second-order valence-corrected chi connectivity index (χ2v) is 11.8. The monoisotopic (exact) mass is 456 g/mol. The van der Waals surface area contributed by atoms with Crippen molar-refractivity contribution in [3.63, 3.8) is 0 Å². The van der Waals surface area contributed by atoms with E-state index < -0.39 is 55.5 Å². The average molecular weight is 456 g/mol. The summed E-state index contributed by atoms with van der Waals surface area (Å²) in [4.78, 5) is 54.2. The molecule has 0 spiro atoms. The molecule has 14 heteroatoms. The van der Waals surface area contributed by atoms with Crippen molar-refractivity contribution in [3.05, 3.63) is 45.0 Å². The zero-order valence-electron chi connectivity index (χ0n) is 15.2. The zero-order chi connectivity index (χ0) is 21.3. The summed E-state index contributed by atoms with van der Waals surface area (Å²) >= 11 is 5.15. The van der Waals surface area contributed by atoms with Gasteiger partial charge in [0.1, 0.15) is 18.3 Å². The van der Waals surface area contributed by atoms with E-state index in [4.69, 9.17) is 35.6 Å². The van der Waals surface area contributed by atoms with E-state index in [-0.39, 0.29) is 0 Å². The van der Waals surface area contributed by atoms with E-state index in [1.807, 2.05) is 0 Å². The van der Waals surface area contributed by atoms with Crippen LogP contribution in [0.3, 0.4) is 0 Å². The highest BCUT2D eigenvalue weighted by molar-refractivity contribution is 8.09. The van der Waals surface area contributed by atoms with Gasteiger partial charge in [-0.2, -0.15) is 0 Å². The molecule has 158 valence electrons. The second kappa shape index (κ2) is 8.83. The van der Waals surface area contributed by atoms with Crippen molar-refractivity contribution in [2.75, 3.05) is 7.11 Å². The highest BCUT2D eigenvalue weighted by Crippen LogP contribution is 2.52. The maximum Gasteiger partial charge on any atom is 0.348 e. The van der Waals surface area contributed by atoms with E-state index in [0.29, 0.717) is 5.82 Å². The lowest BCUT2D eigenvalue weighted by Crippen LogP contribution is -2.39. The smallest absolute Gasteiger partial charge is 0.348 e. The van der Waals surface area contributed by atoms with Gasteiger partial charge < -0.3 is 28.7 Å². The van der Waals surface area contributed by atoms with Crippen LogP contribution in [0.1, 0.15) is 20.1 Å². The molecule has 1 aliphatic heterocycles. The zero-order valence-corrected chi connectivity index (χ0v) is 17.8. The van der Waals surface area contributed by atoms with E-state index >= 15 is 0 Å². The van der Waals surface area contributed by atoms with Crippen molar-refractivity contribution in [1.29, 1.82) is 0 Å². The molecule has 0 amide bonds. The molecule has 2 rings (SSSR count). The van der Waals surface area contributed by atoms with Crippen LogP contribution in [-0.2, 0) is 30.4 Å². The lowest BCUT2D eigenvalue weighted by molar-refractivity contribution is -0.0476. The van der Waals surface area contributed by atoms with Crippen LogP contribution in [0, 0.1) is 0 Å². The Morgan fingerprint density at radius 3 is 2.46 bits per heavy atom. The number of H-pyrrole nitrogens is 1. The minimum Gasteiger partial charge on any atom is -0.374 e. The molecule has 5 atom stereocenters. The quantitative estimate of drug-likeness (QED) is 0.418. The predicted molar refractivity (Wildman–Crippen MR) is 104 cm³/mol. The summed E-state index contributed by atoms with van der Waals surface area (Å²) in [6.07, 6.45) is -1.95. The van der Waals surface area contributed by atoms with Gasteiger partial charge in [0, 0.05) is 30.8 Å². The summed E-state index contributed by atoms with van der Waals surface area (Å²) in [5.74, 6) is 0.634. The SMILES string of the molecule is CO[C@@H]1C(OP(O)(=S)C(C)C)[C@@H](/C=C/P(=O)(O)O)O[C@H]1n1ccc(=O)[nH]c1=O. The minimum absolute atomic E-state index is 0.402. The molecule has 0 aliphatic carbocycles. The Morgan fingerprint density at radius 2 is 1.96 bits per heavy atom. The molecule has 1 aromatic heterocycles. The normalized spacial score (nSPS) is 28.1. The summed E-state index contributed by atoms with van der Waals surface area (Å²) in [6, 6.07) is 1.11. The van der Waals surface area contributed by atoms with Crippen LogP contribution >= 0.6 is 14.1 Å². The van der Waals surface area contributed by atoms with E-state index in [1.54, 1.807) is 13.8 Å². The van der Waals surface area contributed by atoms with Gasteiger partial charge in [-0.25, -0.2) is 4.79 Å². The van der Waals surface area contributed by atoms with E-state index in [1.165, 1.54) is 13.3 Å². The van der Waals surface area contributed by atoms with Crippen LogP contribution in [0.5, 0.6) is 0 Å². The minimum atomic E-state index is -4.50. The van der Waals surface area contributed by atoms with Crippen molar-refractivity contribution in [1.82, 2.24) is 9.55 Å². The molecule has 0 saturated carbocycles. The van der Waals surface area contributed by atoms with Gasteiger partial charge in [0.25, 0.3) is 5.56 Å². The summed E-state index contributed by atoms with van der Waals surface area (Å²) < 4.78 is 29.1. The molecule has 0 bridgehead atoms. The van der Waals surface area contributed by atoms with Crippen molar-refractivity contribution in [2.45, 2.75) is 44.0 Å². The Bertz CT molecular complexity index is 937. The fourth-order valence-electron chi connectivity index (χ4n) is 2.54. The third-order valence-electron chi connectivity index (χ3n) is 4.02. The average Bonchev–Trinajstić information content (AvgIpc) is 2.88. The molecule has 2 heterocycles. The first-order valence-corrected chi connectivity index (χ1v) is 12.5. The molecular formula is C14H22N2O9P2S. The van der Waals surface area contributed by atoms with Crippen LogP contribution in [0.15, 0.2) is 33.7 Å². The number of methoxy groups -OCH3 is 1. The topological polar surface area (TPSA) is 160 Å². The van der Waals surface area contributed by atoms with E-state index in [9.17, 15) is 19.0 Å². The van der Waals surface area contributed by atoms with E-state index in [2.05, 4.69) is 4.98 Å². The number of nitrogens with zero attached hydrogens (tertiary/aromatic N) is 1. The first-order chi connectivity index (χ1) is 12.9. The third kappa shape index (κ3) is 5.56. The number of nitrogens with one attached hydrogen (secondary N) is 1. The molecule has 1 aliphatic rings. The van der Waals surface area contributed by atoms with Crippen LogP contribution in [0.2, 0.25) is 0 Å². The second-order valence-electron chi connectivity index (χ2n) is 6.37. The summed E-state index contributed by atoms with van der Waals surface area (Å²) in [6.45, 7) is 0.0354. The largest absolute Gasteiger partial charge is 0.374 e. The Balaban J connectivity index is 2.48. The van der Waals surface area contributed by atoms with Gasteiger partial charge in [-0.1, -0.05) is 13.8 Å². The maximum absolute atomic E-state index is 12.1.